The van der Waals surface area contributed by atoms with Crippen LogP contribution in [0.1, 0.15) is 33.6 Å². The monoisotopic (exact) mass is 255 g/mol. The van der Waals surface area contributed by atoms with Gasteiger partial charge in [0.05, 0.1) is 12.7 Å². The van der Waals surface area contributed by atoms with E-state index in [1.807, 2.05) is 0 Å². The molecule has 0 aromatic carbocycles. The van der Waals surface area contributed by atoms with Crippen molar-refractivity contribution in [1.82, 2.24) is 9.80 Å². The minimum Gasteiger partial charge on any atom is -0.374 e. The van der Waals surface area contributed by atoms with E-state index in [1.54, 1.807) is 0 Å². The van der Waals surface area contributed by atoms with Crippen molar-refractivity contribution in [3.05, 3.63) is 0 Å². The molecule has 0 saturated carbocycles. The molecule has 2 rings (SSSR count). The lowest BCUT2D eigenvalue weighted by Crippen LogP contribution is -2.55. The van der Waals surface area contributed by atoms with E-state index in [0.717, 1.165) is 25.7 Å². The molecule has 2 atom stereocenters. The summed E-state index contributed by atoms with van der Waals surface area (Å²) in [6.45, 7) is 12.1. The molecule has 2 N–H and O–H groups in total. The fourth-order valence-corrected chi connectivity index (χ4v) is 3.11. The van der Waals surface area contributed by atoms with Gasteiger partial charge in [-0.3, -0.25) is 4.90 Å². The molecule has 0 radical (unpaired) electrons. The molecule has 0 aliphatic carbocycles. The summed E-state index contributed by atoms with van der Waals surface area (Å²) in [5.74, 6) is 0. The van der Waals surface area contributed by atoms with Crippen LogP contribution in [-0.4, -0.2) is 66.8 Å². The fraction of sp³-hybridized carbons (Fsp3) is 1.00. The van der Waals surface area contributed by atoms with Crippen molar-refractivity contribution in [2.24, 2.45) is 5.73 Å². The van der Waals surface area contributed by atoms with Crippen LogP contribution in [0.4, 0.5) is 0 Å². The third kappa shape index (κ3) is 3.44. The van der Waals surface area contributed by atoms with Crippen molar-refractivity contribution in [2.45, 2.75) is 57.8 Å². The highest BCUT2D eigenvalue weighted by atomic mass is 16.5. The summed E-state index contributed by atoms with van der Waals surface area (Å²) < 4.78 is 5.74. The summed E-state index contributed by atoms with van der Waals surface area (Å²) in [6.07, 6.45) is 2.81. The molecule has 18 heavy (non-hydrogen) atoms. The molecule has 0 aromatic rings. The highest BCUT2D eigenvalue weighted by Gasteiger charge is 2.30. The summed E-state index contributed by atoms with van der Waals surface area (Å²) in [7, 11) is 0. The first-order valence-corrected chi connectivity index (χ1v) is 7.43. The zero-order valence-electron chi connectivity index (χ0n) is 12.1. The molecule has 2 unspecified atom stereocenters. The van der Waals surface area contributed by atoms with Gasteiger partial charge in [-0.2, -0.15) is 0 Å². The van der Waals surface area contributed by atoms with Gasteiger partial charge in [-0.15, -0.1) is 0 Å². The molecular weight excluding hydrogens is 226 g/mol. The number of piperidine rings is 1. The highest BCUT2D eigenvalue weighted by molar-refractivity contribution is 4.86. The van der Waals surface area contributed by atoms with E-state index in [9.17, 15) is 0 Å². The number of nitrogens with two attached hydrogens (primary N) is 1. The Morgan fingerprint density at radius 3 is 2.33 bits per heavy atom. The van der Waals surface area contributed by atoms with Crippen LogP contribution in [-0.2, 0) is 4.74 Å². The SMILES string of the molecule is CC(N)C1CN(C2CCN(C(C)C)CC2)CCO1. The predicted octanol–water partition coefficient (Wildman–Crippen LogP) is 0.907. The van der Waals surface area contributed by atoms with Gasteiger partial charge in [0.1, 0.15) is 0 Å². The molecule has 2 saturated heterocycles. The summed E-state index contributed by atoms with van der Waals surface area (Å²) in [5, 5.41) is 0. The van der Waals surface area contributed by atoms with Crippen LogP contribution in [0.25, 0.3) is 0 Å². The lowest BCUT2D eigenvalue weighted by molar-refractivity contribution is -0.0602. The summed E-state index contributed by atoms with van der Waals surface area (Å²) in [6, 6.07) is 1.57. The molecule has 2 aliphatic rings. The minimum atomic E-state index is 0.142. The van der Waals surface area contributed by atoms with Crippen LogP contribution < -0.4 is 5.73 Å². The topological polar surface area (TPSA) is 41.7 Å². The van der Waals surface area contributed by atoms with Gasteiger partial charge in [0, 0.05) is 31.2 Å². The Morgan fingerprint density at radius 1 is 1.11 bits per heavy atom. The number of morpholine rings is 1. The van der Waals surface area contributed by atoms with Gasteiger partial charge in [0.2, 0.25) is 0 Å². The molecular formula is C14H29N3O. The number of rotatable bonds is 3. The maximum Gasteiger partial charge on any atom is 0.0850 e. The van der Waals surface area contributed by atoms with Crippen LogP contribution in [0.15, 0.2) is 0 Å². The summed E-state index contributed by atoms with van der Waals surface area (Å²) >= 11 is 0. The van der Waals surface area contributed by atoms with Gasteiger partial charge in [-0.05, 0) is 46.7 Å². The molecule has 2 heterocycles. The average molecular weight is 255 g/mol. The van der Waals surface area contributed by atoms with Crippen LogP contribution in [0.5, 0.6) is 0 Å². The third-order valence-electron chi connectivity index (χ3n) is 4.46. The van der Waals surface area contributed by atoms with Crippen LogP contribution in [0.3, 0.4) is 0 Å². The van der Waals surface area contributed by atoms with Crippen LogP contribution in [0.2, 0.25) is 0 Å². The quantitative estimate of drug-likeness (QED) is 0.814. The predicted molar refractivity (Wildman–Crippen MR) is 74.7 cm³/mol. The normalized spacial score (nSPS) is 30.8. The first-order valence-electron chi connectivity index (χ1n) is 7.43. The lowest BCUT2D eigenvalue weighted by atomic mass is 10.00. The van der Waals surface area contributed by atoms with E-state index in [0.29, 0.717) is 6.04 Å². The van der Waals surface area contributed by atoms with E-state index >= 15 is 0 Å². The molecule has 0 aromatic heterocycles. The third-order valence-corrected chi connectivity index (χ3v) is 4.46. The van der Waals surface area contributed by atoms with Gasteiger partial charge in [0.25, 0.3) is 0 Å². The van der Waals surface area contributed by atoms with E-state index < -0.39 is 0 Å². The second kappa shape index (κ2) is 6.33. The molecule has 106 valence electrons. The number of ether oxygens (including phenoxy) is 1. The summed E-state index contributed by atoms with van der Waals surface area (Å²) in [4.78, 5) is 5.19. The van der Waals surface area contributed by atoms with Crippen molar-refractivity contribution in [3.8, 4) is 0 Å². The van der Waals surface area contributed by atoms with Crippen molar-refractivity contribution in [3.63, 3.8) is 0 Å². The highest BCUT2D eigenvalue weighted by Crippen LogP contribution is 2.21. The molecule has 0 bridgehead atoms. The molecule has 4 heteroatoms. The first-order chi connectivity index (χ1) is 8.58. The Hall–Kier alpha value is -0.160. The standard InChI is InChI=1S/C14H29N3O/c1-11(2)16-6-4-13(5-7-16)17-8-9-18-14(10-17)12(3)15/h11-14H,4-10,15H2,1-3H3. The van der Waals surface area contributed by atoms with Crippen molar-refractivity contribution in [1.29, 1.82) is 0 Å². The smallest absolute Gasteiger partial charge is 0.0850 e. The summed E-state index contributed by atoms with van der Waals surface area (Å²) in [5.41, 5.74) is 5.96. The minimum absolute atomic E-state index is 0.142. The van der Waals surface area contributed by atoms with E-state index in [2.05, 4.69) is 30.6 Å². The Balaban J connectivity index is 1.82. The molecule has 0 spiro atoms. The van der Waals surface area contributed by atoms with E-state index in [4.69, 9.17) is 10.5 Å². The van der Waals surface area contributed by atoms with Crippen LogP contribution >= 0.6 is 0 Å². The second-order valence-corrected chi connectivity index (χ2v) is 6.12. The van der Waals surface area contributed by atoms with Gasteiger partial charge in [-0.25, -0.2) is 0 Å². The molecule has 0 amide bonds. The first kappa shape index (κ1) is 14.3. The maximum atomic E-state index is 5.96. The van der Waals surface area contributed by atoms with Gasteiger partial charge >= 0.3 is 0 Å². The Bertz CT molecular complexity index is 249. The fourth-order valence-electron chi connectivity index (χ4n) is 3.11. The Kier molecular flexibility index (Phi) is 5.01. The van der Waals surface area contributed by atoms with E-state index in [1.165, 1.54) is 25.9 Å². The molecule has 2 fully saturated rings. The maximum absolute atomic E-state index is 5.96. The second-order valence-electron chi connectivity index (χ2n) is 6.12. The van der Waals surface area contributed by atoms with Crippen molar-refractivity contribution < 1.29 is 4.74 Å². The van der Waals surface area contributed by atoms with E-state index in [-0.39, 0.29) is 12.1 Å². The van der Waals surface area contributed by atoms with Crippen molar-refractivity contribution >= 4 is 0 Å². The molecule has 2 aliphatic heterocycles. The Morgan fingerprint density at radius 2 is 1.78 bits per heavy atom. The number of hydrogen-bond acceptors (Lipinski definition) is 4. The number of likely N-dealkylation sites (tertiary alicyclic amines) is 1. The number of nitrogens with zero attached hydrogens (tertiary/aromatic N) is 2. The number of hydrogen-bond donors (Lipinski definition) is 1. The van der Waals surface area contributed by atoms with Gasteiger partial charge < -0.3 is 15.4 Å². The van der Waals surface area contributed by atoms with Gasteiger partial charge in [-0.1, -0.05) is 0 Å². The Labute approximate surface area is 111 Å². The van der Waals surface area contributed by atoms with Crippen LogP contribution in [0, 0.1) is 0 Å². The van der Waals surface area contributed by atoms with Gasteiger partial charge in [0.15, 0.2) is 0 Å². The average Bonchev–Trinajstić information content (AvgIpc) is 2.39. The zero-order chi connectivity index (χ0) is 13.1. The largest absolute Gasteiger partial charge is 0.374 e. The lowest BCUT2D eigenvalue weighted by Gasteiger charge is -2.43. The van der Waals surface area contributed by atoms with Crippen molar-refractivity contribution in [2.75, 3.05) is 32.8 Å². The zero-order valence-corrected chi connectivity index (χ0v) is 12.1. The molecule has 4 nitrogen and oxygen atoms in total.